The number of nitrogens with one attached hydrogen (secondary N) is 2. The number of carbonyl (C=O) groups is 1. The van der Waals surface area contributed by atoms with Crippen LogP contribution in [0.5, 0.6) is 0 Å². The monoisotopic (exact) mass is 398 g/mol. The summed E-state index contributed by atoms with van der Waals surface area (Å²) in [6.07, 6.45) is 0.324. The van der Waals surface area contributed by atoms with Gasteiger partial charge in [0.25, 0.3) is 0 Å². The topological polar surface area (TPSA) is 72.9 Å². The van der Waals surface area contributed by atoms with Crippen LogP contribution < -0.4 is 15.5 Å². The molecule has 0 bridgehead atoms. The Morgan fingerprint density at radius 1 is 1.14 bits per heavy atom. The van der Waals surface area contributed by atoms with Crippen molar-refractivity contribution in [1.29, 1.82) is 0 Å². The molecule has 8 heteroatoms. The summed E-state index contributed by atoms with van der Waals surface area (Å²) in [6, 6.07) is 12.1. The number of halogens is 1. The van der Waals surface area contributed by atoms with E-state index in [0.29, 0.717) is 18.8 Å². The maximum absolute atomic E-state index is 13.1. The molecule has 2 aromatic rings. The molecule has 1 aliphatic rings. The fourth-order valence-corrected chi connectivity index (χ4v) is 3.27. The molecule has 7 nitrogen and oxygen atoms in total. The zero-order chi connectivity index (χ0) is 20.6. The number of benzene rings is 1. The largest absolute Gasteiger partial charge is 0.368 e. The molecular weight excluding hydrogens is 371 g/mol. The van der Waals surface area contributed by atoms with Crippen molar-refractivity contribution in [2.45, 2.75) is 13.3 Å². The van der Waals surface area contributed by atoms with Gasteiger partial charge in [0.2, 0.25) is 5.91 Å². The van der Waals surface area contributed by atoms with Crippen LogP contribution in [0.2, 0.25) is 0 Å². The normalized spacial score (nSPS) is 14.7. The fraction of sp³-hybridized carbons (Fsp3) is 0.381. The molecule has 2 N–H and O–H groups in total. The van der Waals surface area contributed by atoms with Gasteiger partial charge in [-0.1, -0.05) is 6.07 Å². The molecule has 1 fully saturated rings. The van der Waals surface area contributed by atoms with Gasteiger partial charge in [-0.25, -0.2) is 9.37 Å². The van der Waals surface area contributed by atoms with Crippen molar-refractivity contribution in [3.05, 3.63) is 54.0 Å². The first kappa shape index (κ1) is 20.6. The molecule has 3 rings (SSSR count). The molecule has 1 amide bonds. The van der Waals surface area contributed by atoms with Crippen molar-refractivity contribution < 1.29 is 9.18 Å². The summed E-state index contributed by atoms with van der Waals surface area (Å²) in [5.74, 6) is 1.04. The molecule has 1 aliphatic heterocycles. The molecule has 0 radical (unpaired) electrons. The summed E-state index contributed by atoms with van der Waals surface area (Å²) < 4.78 is 13.1. The number of amides is 1. The number of piperazine rings is 1. The maximum Gasteiger partial charge on any atom is 0.227 e. The number of aliphatic imine (C=N–C) groups is 1. The predicted molar refractivity (Wildman–Crippen MR) is 114 cm³/mol. The third-order valence-electron chi connectivity index (χ3n) is 4.77. The lowest BCUT2D eigenvalue weighted by Crippen LogP contribution is -2.52. The van der Waals surface area contributed by atoms with Crippen LogP contribution in [0, 0.1) is 12.7 Å². The Balaban J connectivity index is 1.42. The van der Waals surface area contributed by atoms with E-state index in [4.69, 9.17) is 0 Å². The summed E-state index contributed by atoms with van der Waals surface area (Å²) in [5.41, 5.74) is 1.89. The first-order valence-corrected chi connectivity index (χ1v) is 9.75. The number of anilines is 2. The summed E-state index contributed by atoms with van der Waals surface area (Å²) in [4.78, 5) is 25.1. The summed E-state index contributed by atoms with van der Waals surface area (Å²) in [7, 11) is 1.74. The zero-order valence-corrected chi connectivity index (χ0v) is 16.9. The minimum absolute atomic E-state index is 0.0906. The van der Waals surface area contributed by atoms with Crippen molar-refractivity contribution in [2.75, 3.05) is 50.0 Å². The number of nitrogens with zero attached hydrogens (tertiary/aromatic N) is 4. The fourth-order valence-electron chi connectivity index (χ4n) is 3.27. The van der Waals surface area contributed by atoms with Crippen LogP contribution in [0.15, 0.2) is 47.5 Å². The average molecular weight is 398 g/mol. The van der Waals surface area contributed by atoms with Crippen LogP contribution in [-0.4, -0.2) is 61.5 Å². The molecule has 29 heavy (non-hydrogen) atoms. The molecule has 0 spiro atoms. The number of rotatable bonds is 5. The average Bonchev–Trinajstić information content (AvgIpc) is 2.72. The number of guanidine groups is 1. The molecule has 1 aromatic carbocycles. The summed E-state index contributed by atoms with van der Waals surface area (Å²) in [5, 5.41) is 6.06. The molecule has 0 aliphatic carbocycles. The van der Waals surface area contributed by atoms with Crippen LogP contribution in [0.4, 0.5) is 15.9 Å². The van der Waals surface area contributed by atoms with Crippen molar-refractivity contribution >= 4 is 23.4 Å². The van der Waals surface area contributed by atoms with E-state index in [0.717, 1.165) is 43.5 Å². The molecule has 0 saturated carbocycles. The highest BCUT2D eigenvalue weighted by Crippen LogP contribution is 2.17. The SMILES string of the molecule is CN=C(NCCC(=O)Nc1cccc(C)n1)N1CCN(c2ccc(F)cc2)CC1. The highest BCUT2D eigenvalue weighted by atomic mass is 19.1. The number of hydrogen-bond acceptors (Lipinski definition) is 4. The molecule has 2 heterocycles. The van der Waals surface area contributed by atoms with Crippen molar-refractivity contribution in [1.82, 2.24) is 15.2 Å². The van der Waals surface area contributed by atoms with Crippen LogP contribution in [0.25, 0.3) is 0 Å². The maximum atomic E-state index is 13.1. The second-order valence-electron chi connectivity index (χ2n) is 6.89. The Morgan fingerprint density at radius 2 is 1.86 bits per heavy atom. The van der Waals surface area contributed by atoms with Gasteiger partial charge in [0.1, 0.15) is 11.6 Å². The first-order chi connectivity index (χ1) is 14.0. The van der Waals surface area contributed by atoms with Crippen molar-refractivity contribution in [3.63, 3.8) is 0 Å². The van der Waals surface area contributed by atoms with Gasteiger partial charge in [-0.05, 0) is 43.3 Å². The van der Waals surface area contributed by atoms with Gasteiger partial charge < -0.3 is 20.4 Å². The number of aryl methyl sites for hydroxylation is 1. The van der Waals surface area contributed by atoms with Crippen LogP contribution >= 0.6 is 0 Å². The Bertz CT molecular complexity index is 847. The Hall–Kier alpha value is -3.16. The zero-order valence-electron chi connectivity index (χ0n) is 16.9. The second kappa shape index (κ2) is 9.86. The quantitative estimate of drug-likeness (QED) is 0.597. The van der Waals surface area contributed by atoms with Crippen LogP contribution in [0.3, 0.4) is 0 Å². The van der Waals surface area contributed by atoms with Gasteiger partial charge >= 0.3 is 0 Å². The van der Waals surface area contributed by atoms with E-state index in [9.17, 15) is 9.18 Å². The van der Waals surface area contributed by atoms with Crippen LogP contribution in [-0.2, 0) is 4.79 Å². The lowest BCUT2D eigenvalue weighted by atomic mass is 10.2. The van der Waals surface area contributed by atoms with Gasteiger partial charge in [-0.3, -0.25) is 9.79 Å². The highest BCUT2D eigenvalue weighted by Gasteiger charge is 2.20. The van der Waals surface area contributed by atoms with E-state index in [1.54, 1.807) is 25.2 Å². The molecule has 1 aromatic heterocycles. The molecule has 154 valence electrons. The van der Waals surface area contributed by atoms with E-state index in [2.05, 4.69) is 30.4 Å². The Labute approximate surface area is 170 Å². The second-order valence-corrected chi connectivity index (χ2v) is 6.89. The van der Waals surface area contributed by atoms with Crippen LogP contribution in [0.1, 0.15) is 12.1 Å². The molecule has 1 saturated heterocycles. The van der Waals surface area contributed by atoms with E-state index >= 15 is 0 Å². The predicted octanol–water partition coefficient (Wildman–Crippen LogP) is 2.26. The summed E-state index contributed by atoms with van der Waals surface area (Å²) >= 11 is 0. The Morgan fingerprint density at radius 3 is 2.52 bits per heavy atom. The van der Waals surface area contributed by atoms with Gasteiger partial charge in [-0.2, -0.15) is 0 Å². The number of aromatic nitrogens is 1. The molecule has 0 atom stereocenters. The first-order valence-electron chi connectivity index (χ1n) is 9.75. The highest BCUT2D eigenvalue weighted by molar-refractivity contribution is 5.90. The van der Waals surface area contributed by atoms with E-state index in [1.807, 2.05) is 19.1 Å². The third kappa shape index (κ3) is 5.91. The van der Waals surface area contributed by atoms with E-state index in [-0.39, 0.29) is 11.7 Å². The summed E-state index contributed by atoms with van der Waals surface area (Å²) in [6.45, 7) is 5.63. The lowest BCUT2D eigenvalue weighted by Gasteiger charge is -2.37. The number of hydrogen-bond donors (Lipinski definition) is 2. The minimum atomic E-state index is -0.223. The van der Waals surface area contributed by atoms with Gasteiger partial charge in [0.05, 0.1) is 0 Å². The minimum Gasteiger partial charge on any atom is -0.368 e. The Kier molecular flexibility index (Phi) is 6.99. The number of carbonyl (C=O) groups excluding carboxylic acids is 1. The van der Waals surface area contributed by atoms with Gasteiger partial charge in [0.15, 0.2) is 5.96 Å². The van der Waals surface area contributed by atoms with Gasteiger partial charge in [-0.15, -0.1) is 0 Å². The van der Waals surface area contributed by atoms with Crippen molar-refractivity contribution in [3.8, 4) is 0 Å². The van der Waals surface area contributed by atoms with Gasteiger partial charge in [0, 0.05) is 57.6 Å². The standard InChI is InChI=1S/C21H27FN6O/c1-16-4-3-5-19(25-16)26-20(29)10-11-24-21(23-2)28-14-12-27(13-15-28)18-8-6-17(22)7-9-18/h3-9H,10-15H2,1-2H3,(H,23,24)(H,25,26,29). The van der Waals surface area contributed by atoms with Crippen molar-refractivity contribution in [2.24, 2.45) is 4.99 Å². The number of pyridine rings is 1. The molecule has 0 unspecified atom stereocenters. The molecular formula is C21H27FN6O. The third-order valence-corrected chi connectivity index (χ3v) is 4.77. The van der Waals surface area contributed by atoms with E-state index < -0.39 is 0 Å². The smallest absolute Gasteiger partial charge is 0.227 e. The van der Waals surface area contributed by atoms with E-state index in [1.165, 1.54) is 12.1 Å². The lowest BCUT2D eigenvalue weighted by molar-refractivity contribution is -0.116.